The zero-order valence-corrected chi connectivity index (χ0v) is 9.54. The quantitative estimate of drug-likeness (QED) is 0.626. The van der Waals surface area contributed by atoms with E-state index in [2.05, 4.69) is 10.7 Å². The maximum atomic E-state index is 12.5. The molecule has 0 aliphatic rings. The zero-order chi connectivity index (χ0) is 14.6. The van der Waals surface area contributed by atoms with Crippen molar-refractivity contribution in [2.45, 2.75) is 6.18 Å². The van der Waals surface area contributed by atoms with E-state index in [0.29, 0.717) is 12.1 Å². The molecule has 1 aromatic carbocycles. The summed E-state index contributed by atoms with van der Waals surface area (Å²) in [4.78, 5) is 21.6. The van der Waals surface area contributed by atoms with Gasteiger partial charge in [0.2, 0.25) is 0 Å². The number of carboxylic acid groups (broad SMARTS) is 1. The SMILES string of the molecule is COC(=O)C#Cc1cc(C(F)(F)F)ccc1C(=O)O. The molecule has 0 aromatic heterocycles. The van der Waals surface area contributed by atoms with Crippen molar-refractivity contribution >= 4 is 11.9 Å². The predicted molar refractivity (Wildman–Crippen MR) is 57.3 cm³/mol. The minimum atomic E-state index is -4.63. The molecular formula is C12H7F3O4. The minimum absolute atomic E-state index is 0.410. The number of esters is 1. The Morgan fingerprint density at radius 2 is 1.95 bits per heavy atom. The van der Waals surface area contributed by atoms with Crippen LogP contribution in [0.2, 0.25) is 0 Å². The summed E-state index contributed by atoms with van der Waals surface area (Å²) in [6.07, 6.45) is -4.63. The van der Waals surface area contributed by atoms with Gasteiger partial charge >= 0.3 is 18.1 Å². The van der Waals surface area contributed by atoms with Gasteiger partial charge in [-0.3, -0.25) is 0 Å². The van der Waals surface area contributed by atoms with Gasteiger partial charge in [-0.1, -0.05) is 5.92 Å². The summed E-state index contributed by atoms with van der Waals surface area (Å²) in [6.45, 7) is 0. The minimum Gasteiger partial charge on any atom is -0.478 e. The molecule has 1 N–H and O–H groups in total. The van der Waals surface area contributed by atoms with E-state index in [0.717, 1.165) is 13.2 Å². The van der Waals surface area contributed by atoms with Crippen LogP contribution in [0.1, 0.15) is 21.5 Å². The van der Waals surface area contributed by atoms with Crippen LogP contribution in [0.5, 0.6) is 0 Å². The first kappa shape index (κ1) is 14.6. The van der Waals surface area contributed by atoms with E-state index in [1.54, 1.807) is 0 Å². The number of carbonyl (C=O) groups excluding carboxylic acids is 1. The largest absolute Gasteiger partial charge is 0.478 e. The van der Waals surface area contributed by atoms with E-state index in [1.165, 1.54) is 0 Å². The summed E-state index contributed by atoms with van der Waals surface area (Å²) in [5, 5.41) is 8.82. The third-order valence-electron chi connectivity index (χ3n) is 2.06. The number of hydrogen-bond acceptors (Lipinski definition) is 3. The lowest BCUT2D eigenvalue weighted by atomic mass is 10.0. The van der Waals surface area contributed by atoms with Gasteiger partial charge in [0.05, 0.1) is 18.2 Å². The first-order valence-corrected chi connectivity index (χ1v) is 4.80. The molecule has 0 aliphatic heterocycles. The molecule has 0 amide bonds. The number of carbonyl (C=O) groups is 2. The Morgan fingerprint density at radius 1 is 1.32 bits per heavy atom. The molecule has 0 saturated carbocycles. The summed E-state index contributed by atoms with van der Waals surface area (Å²) in [6, 6.07) is 1.98. The molecule has 1 aromatic rings. The topological polar surface area (TPSA) is 63.6 Å². The van der Waals surface area contributed by atoms with Crippen LogP contribution < -0.4 is 0 Å². The molecule has 0 fully saturated rings. The fraction of sp³-hybridized carbons (Fsp3) is 0.167. The summed E-state index contributed by atoms with van der Waals surface area (Å²) in [7, 11) is 1.04. The van der Waals surface area contributed by atoms with Gasteiger partial charge in [0.15, 0.2) is 0 Å². The van der Waals surface area contributed by atoms with Crippen LogP contribution in [0.4, 0.5) is 13.2 Å². The van der Waals surface area contributed by atoms with Gasteiger partial charge in [0.1, 0.15) is 0 Å². The van der Waals surface area contributed by atoms with E-state index >= 15 is 0 Å². The average Bonchev–Trinajstić information content (AvgIpc) is 2.34. The molecule has 0 bridgehead atoms. The Hall–Kier alpha value is -2.49. The standard InChI is InChI=1S/C12H7F3O4/c1-19-10(16)5-2-7-6-8(12(13,14)15)3-4-9(7)11(17)18/h3-4,6H,1H3,(H,17,18). The number of alkyl halides is 3. The molecule has 4 nitrogen and oxygen atoms in total. The highest BCUT2D eigenvalue weighted by Gasteiger charge is 2.31. The average molecular weight is 272 g/mol. The molecular weight excluding hydrogens is 265 g/mol. The van der Waals surface area contributed by atoms with Crippen LogP contribution >= 0.6 is 0 Å². The lowest BCUT2D eigenvalue weighted by Crippen LogP contribution is -2.08. The van der Waals surface area contributed by atoms with Crippen molar-refractivity contribution in [3.05, 3.63) is 34.9 Å². The molecule has 1 rings (SSSR count). The normalized spacial score (nSPS) is 10.3. The van der Waals surface area contributed by atoms with E-state index in [1.807, 2.05) is 5.92 Å². The highest BCUT2D eigenvalue weighted by Crippen LogP contribution is 2.30. The fourth-order valence-electron chi connectivity index (χ4n) is 1.18. The Balaban J connectivity index is 3.34. The summed E-state index contributed by atoms with van der Waals surface area (Å²) < 4.78 is 41.6. The second-order valence-corrected chi connectivity index (χ2v) is 3.30. The van der Waals surface area contributed by atoms with Crippen LogP contribution in [0, 0.1) is 11.8 Å². The third-order valence-corrected chi connectivity index (χ3v) is 2.06. The number of rotatable bonds is 1. The first-order chi connectivity index (χ1) is 8.75. The number of ether oxygens (including phenoxy) is 1. The van der Waals surface area contributed by atoms with Crippen molar-refractivity contribution < 1.29 is 32.6 Å². The second-order valence-electron chi connectivity index (χ2n) is 3.30. The van der Waals surface area contributed by atoms with E-state index in [-0.39, 0.29) is 0 Å². The monoisotopic (exact) mass is 272 g/mol. The van der Waals surface area contributed by atoms with E-state index in [9.17, 15) is 22.8 Å². The van der Waals surface area contributed by atoms with Gasteiger partial charge in [0, 0.05) is 11.5 Å². The molecule has 0 heterocycles. The van der Waals surface area contributed by atoms with E-state index in [4.69, 9.17) is 5.11 Å². The van der Waals surface area contributed by atoms with E-state index < -0.39 is 34.8 Å². The number of hydrogen-bond donors (Lipinski definition) is 1. The molecule has 0 atom stereocenters. The lowest BCUT2D eigenvalue weighted by Gasteiger charge is -2.08. The Kier molecular flexibility index (Phi) is 4.17. The van der Waals surface area contributed by atoms with Crippen LogP contribution in [0.25, 0.3) is 0 Å². The summed E-state index contributed by atoms with van der Waals surface area (Å²) in [5.41, 5.74) is -1.89. The van der Waals surface area contributed by atoms with Gasteiger partial charge in [-0.15, -0.1) is 0 Å². The van der Waals surface area contributed by atoms with Gasteiger partial charge in [-0.2, -0.15) is 13.2 Å². The van der Waals surface area contributed by atoms with Gasteiger partial charge in [-0.05, 0) is 18.2 Å². The molecule has 0 spiro atoms. The molecule has 0 aliphatic carbocycles. The smallest absolute Gasteiger partial charge is 0.416 e. The highest BCUT2D eigenvalue weighted by atomic mass is 19.4. The van der Waals surface area contributed by atoms with Crippen molar-refractivity contribution in [2.24, 2.45) is 0 Å². The maximum absolute atomic E-state index is 12.5. The number of benzene rings is 1. The molecule has 0 radical (unpaired) electrons. The first-order valence-electron chi connectivity index (χ1n) is 4.80. The Labute approximate surface area is 105 Å². The van der Waals surface area contributed by atoms with Crippen molar-refractivity contribution in [1.82, 2.24) is 0 Å². The molecule has 7 heteroatoms. The van der Waals surface area contributed by atoms with Crippen LogP contribution in [-0.2, 0) is 15.7 Å². The lowest BCUT2D eigenvalue weighted by molar-refractivity contribution is -0.137. The summed E-state index contributed by atoms with van der Waals surface area (Å²) >= 11 is 0. The van der Waals surface area contributed by atoms with Crippen LogP contribution in [-0.4, -0.2) is 24.2 Å². The Bertz CT molecular complexity index is 579. The third kappa shape index (κ3) is 3.74. The van der Waals surface area contributed by atoms with Crippen LogP contribution in [0.3, 0.4) is 0 Å². The van der Waals surface area contributed by atoms with Crippen molar-refractivity contribution in [3.63, 3.8) is 0 Å². The molecule has 0 saturated heterocycles. The number of carboxylic acids is 1. The molecule has 0 unspecified atom stereocenters. The van der Waals surface area contributed by atoms with Gasteiger partial charge in [0.25, 0.3) is 0 Å². The molecule has 100 valence electrons. The summed E-state index contributed by atoms with van der Waals surface area (Å²) in [5.74, 6) is 1.51. The van der Waals surface area contributed by atoms with Gasteiger partial charge < -0.3 is 9.84 Å². The van der Waals surface area contributed by atoms with Gasteiger partial charge in [-0.25, -0.2) is 9.59 Å². The van der Waals surface area contributed by atoms with Crippen LogP contribution in [0.15, 0.2) is 18.2 Å². The highest BCUT2D eigenvalue weighted by molar-refractivity contribution is 5.93. The number of methoxy groups -OCH3 is 1. The van der Waals surface area contributed by atoms with Crippen molar-refractivity contribution in [3.8, 4) is 11.8 Å². The maximum Gasteiger partial charge on any atom is 0.416 e. The second kappa shape index (κ2) is 5.44. The van der Waals surface area contributed by atoms with Crippen molar-refractivity contribution in [1.29, 1.82) is 0 Å². The Morgan fingerprint density at radius 3 is 2.42 bits per heavy atom. The molecule has 19 heavy (non-hydrogen) atoms. The van der Waals surface area contributed by atoms with Crippen molar-refractivity contribution in [2.75, 3.05) is 7.11 Å². The fourth-order valence-corrected chi connectivity index (χ4v) is 1.18. The zero-order valence-electron chi connectivity index (χ0n) is 9.54. The predicted octanol–water partition coefficient (Wildman–Crippen LogP) is 1.93. The number of aromatic carboxylic acids is 1. The number of halogens is 3.